The molecule has 188 valence electrons. The summed E-state index contributed by atoms with van der Waals surface area (Å²) in [4.78, 5) is 39.8. The van der Waals surface area contributed by atoms with E-state index in [9.17, 15) is 14.0 Å². The molecule has 2 aromatic heterocycles. The lowest BCUT2D eigenvalue weighted by Crippen LogP contribution is -2.40. The molecule has 0 radical (unpaired) electrons. The van der Waals surface area contributed by atoms with Gasteiger partial charge in [-0.05, 0) is 44.0 Å². The van der Waals surface area contributed by atoms with Gasteiger partial charge in [-0.15, -0.1) is 0 Å². The molecule has 1 aliphatic rings. The Hall–Kier alpha value is -3.79. The van der Waals surface area contributed by atoms with E-state index in [-0.39, 0.29) is 23.5 Å². The minimum Gasteiger partial charge on any atom is -0.462 e. The number of rotatable bonds is 7. The van der Waals surface area contributed by atoms with Crippen LogP contribution in [-0.2, 0) is 9.53 Å². The summed E-state index contributed by atoms with van der Waals surface area (Å²) in [5.74, 6) is -0.110. The highest BCUT2D eigenvalue weighted by atomic mass is 35.5. The lowest BCUT2D eigenvalue weighted by Gasteiger charge is -2.33. The number of hydrogen-bond donors (Lipinski definition) is 2. The van der Waals surface area contributed by atoms with Gasteiger partial charge in [0, 0.05) is 61.5 Å². The molecule has 0 aliphatic carbocycles. The molecule has 3 heterocycles. The van der Waals surface area contributed by atoms with Crippen molar-refractivity contribution in [2.75, 3.05) is 37.0 Å². The molecule has 1 aliphatic heterocycles. The molecule has 9 nitrogen and oxygen atoms in total. The van der Waals surface area contributed by atoms with Gasteiger partial charge < -0.3 is 20.3 Å². The Morgan fingerprint density at radius 2 is 1.97 bits per heavy atom. The van der Waals surface area contributed by atoms with Crippen molar-refractivity contribution in [3.63, 3.8) is 0 Å². The molecule has 11 heteroatoms. The molecule has 4 rings (SSSR count). The molecule has 0 spiro atoms. The van der Waals surface area contributed by atoms with E-state index in [0.29, 0.717) is 60.1 Å². The monoisotopic (exact) mass is 512 g/mol. The number of nitrogens with one attached hydrogen (secondary N) is 2. The van der Waals surface area contributed by atoms with Crippen LogP contribution in [0.15, 0.2) is 42.9 Å². The normalized spacial score (nSPS) is 13.8. The van der Waals surface area contributed by atoms with Gasteiger partial charge in [0.25, 0.3) is 0 Å². The van der Waals surface area contributed by atoms with Crippen LogP contribution in [0.1, 0.15) is 30.1 Å². The Morgan fingerprint density at radius 3 is 2.67 bits per heavy atom. The van der Waals surface area contributed by atoms with E-state index in [1.54, 1.807) is 38.5 Å². The number of nitrogens with zero attached hydrogens (tertiary/aromatic N) is 4. The van der Waals surface area contributed by atoms with E-state index in [0.717, 1.165) is 0 Å². The first-order chi connectivity index (χ1) is 17.4. The number of esters is 1. The van der Waals surface area contributed by atoms with Gasteiger partial charge in [0.2, 0.25) is 11.9 Å². The van der Waals surface area contributed by atoms with Gasteiger partial charge in [-0.1, -0.05) is 11.6 Å². The molecule has 1 aromatic carbocycles. The first-order valence-corrected chi connectivity index (χ1v) is 12.0. The Morgan fingerprint density at radius 1 is 1.19 bits per heavy atom. The molecule has 1 saturated heterocycles. The SMILES string of the molecule is CCOC(=O)c1cncc(-c2cnc(Nc3ccc(F)c(Cl)c3)nc2N2CCC(C(=O)NC)CC2)c1. The van der Waals surface area contributed by atoms with Crippen LogP contribution in [0.5, 0.6) is 0 Å². The van der Waals surface area contributed by atoms with Crippen molar-refractivity contribution in [2.45, 2.75) is 19.8 Å². The van der Waals surface area contributed by atoms with Gasteiger partial charge in [-0.3, -0.25) is 9.78 Å². The highest BCUT2D eigenvalue weighted by molar-refractivity contribution is 6.31. The van der Waals surface area contributed by atoms with Crippen molar-refractivity contribution >= 4 is 40.9 Å². The minimum atomic E-state index is -0.521. The van der Waals surface area contributed by atoms with Crippen LogP contribution in [0.25, 0.3) is 11.1 Å². The summed E-state index contributed by atoms with van der Waals surface area (Å²) >= 11 is 5.91. The first-order valence-electron chi connectivity index (χ1n) is 11.6. The van der Waals surface area contributed by atoms with Crippen LogP contribution in [-0.4, -0.2) is 53.6 Å². The number of pyridine rings is 1. The van der Waals surface area contributed by atoms with Crippen molar-refractivity contribution in [1.82, 2.24) is 20.3 Å². The van der Waals surface area contributed by atoms with E-state index in [4.69, 9.17) is 21.3 Å². The molecule has 0 bridgehead atoms. The number of hydrogen-bond acceptors (Lipinski definition) is 8. The number of piperidine rings is 1. The van der Waals surface area contributed by atoms with Crippen molar-refractivity contribution in [3.05, 3.63) is 59.3 Å². The summed E-state index contributed by atoms with van der Waals surface area (Å²) in [7, 11) is 1.64. The number of amides is 1. The summed E-state index contributed by atoms with van der Waals surface area (Å²) in [5.41, 5.74) is 2.18. The number of carbonyl (C=O) groups excluding carboxylic acids is 2. The van der Waals surface area contributed by atoms with E-state index in [1.165, 1.54) is 18.3 Å². The number of ether oxygens (including phenoxy) is 1. The first kappa shape index (κ1) is 25.3. The van der Waals surface area contributed by atoms with Crippen LogP contribution < -0.4 is 15.5 Å². The number of carbonyl (C=O) groups is 2. The summed E-state index contributed by atoms with van der Waals surface area (Å²) in [6, 6.07) is 5.95. The summed E-state index contributed by atoms with van der Waals surface area (Å²) < 4.78 is 18.7. The molecule has 0 saturated carbocycles. The zero-order chi connectivity index (χ0) is 25.7. The molecule has 0 unspecified atom stereocenters. The van der Waals surface area contributed by atoms with Gasteiger partial charge in [-0.25, -0.2) is 14.2 Å². The third-order valence-corrected chi connectivity index (χ3v) is 6.21. The number of anilines is 3. The Balaban J connectivity index is 1.69. The summed E-state index contributed by atoms with van der Waals surface area (Å²) in [6.07, 6.45) is 6.06. The molecule has 2 N–H and O–H groups in total. The maximum atomic E-state index is 13.6. The maximum Gasteiger partial charge on any atom is 0.339 e. The fraction of sp³-hybridized carbons (Fsp3) is 0.320. The Labute approximate surface area is 213 Å². The standard InChI is InChI=1S/C25H26ClFN6O3/c1-3-36-24(35)17-10-16(12-29-13-17)19-14-30-25(31-18-4-5-21(27)20(26)11-18)32-22(19)33-8-6-15(7-9-33)23(34)28-2/h4-5,10-15H,3,6-9H2,1-2H3,(H,28,34)(H,30,31,32). The average Bonchev–Trinajstić information content (AvgIpc) is 2.90. The van der Waals surface area contributed by atoms with Crippen LogP contribution >= 0.6 is 11.6 Å². The fourth-order valence-corrected chi connectivity index (χ4v) is 4.23. The maximum absolute atomic E-state index is 13.6. The van der Waals surface area contributed by atoms with Gasteiger partial charge >= 0.3 is 5.97 Å². The highest BCUT2D eigenvalue weighted by Crippen LogP contribution is 2.33. The van der Waals surface area contributed by atoms with Gasteiger partial charge in [0.1, 0.15) is 11.6 Å². The molecular formula is C25H26ClFN6O3. The Bertz CT molecular complexity index is 1270. The second kappa shape index (κ2) is 11.3. The summed E-state index contributed by atoms with van der Waals surface area (Å²) in [6.45, 7) is 3.21. The average molecular weight is 513 g/mol. The number of benzene rings is 1. The lowest BCUT2D eigenvalue weighted by molar-refractivity contribution is -0.125. The third kappa shape index (κ3) is 5.71. The van der Waals surface area contributed by atoms with Crippen molar-refractivity contribution in [1.29, 1.82) is 0 Å². The molecule has 3 aromatic rings. The quantitative estimate of drug-likeness (QED) is 0.453. The van der Waals surface area contributed by atoms with Crippen molar-refractivity contribution in [2.24, 2.45) is 5.92 Å². The zero-order valence-electron chi connectivity index (χ0n) is 19.9. The molecule has 0 atom stereocenters. The minimum absolute atomic E-state index is 0.0185. The van der Waals surface area contributed by atoms with Crippen LogP contribution in [0.4, 0.5) is 21.8 Å². The van der Waals surface area contributed by atoms with Crippen LogP contribution in [0, 0.1) is 11.7 Å². The third-order valence-electron chi connectivity index (χ3n) is 5.92. The van der Waals surface area contributed by atoms with Crippen LogP contribution in [0.3, 0.4) is 0 Å². The van der Waals surface area contributed by atoms with E-state index < -0.39 is 11.8 Å². The van der Waals surface area contributed by atoms with E-state index in [2.05, 4.69) is 25.5 Å². The van der Waals surface area contributed by atoms with E-state index in [1.807, 2.05) is 0 Å². The predicted molar refractivity (Wildman–Crippen MR) is 135 cm³/mol. The van der Waals surface area contributed by atoms with E-state index >= 15 is 0 Å². The lowest BCUT2D eigenvalue weighted by atomic mass is 9.95. The smallest absolute Gasteiger partial charge is 0.339 e. The fourth-order valence-electron chi connectivity index (χ4n) is 4.05. The predicted octanol–water partition coefficient (Wildman–Crippen LogP) is 4.21. The number of aromatic nitrogens is 3. The van der Waals surface area contributed by atoms with Gasteiger partial charge in [0.05, 0.1) is 17.2 Å². The Kier molecular flexibility index (Phi) is 7.94. The van der Waals surface area contributed by atoms with Crippen molar-refractivity contribution < 1.29 is 18.7 Å². The molecule has 1 fully saturated rings. The molecule has 1 amide bonds. The topological polar surface area (TPSA) is 109 Å². The second-order valence-corrected chi connectivity index (χ2v) is 8.65. The van der Waals surface area contributed by atoms with Gasteiger partial charge in [0.15, 0.2) is 0 Å². The molecule has 36 heavy (non-hydrogen) atoms. The second-order valence-electron chi connectivity index (χ2n) is 8.24. The highest BCUT2D eigenvalue weighted by Gasteiger charge is 2.27. The number of halogens is 2. The van der Waals surface area contributed by atoms with Gasteiger partial charge in [-0.2, -0.15) is 4.98 Å². The summed E-state index contributed by atoms with van der Waals surface area (Å²) in [5, 5.41) is 5.76. The largest absolute Gasteiger partial charge is 0.462 e. The zero-order valence-corrected chi connectivity index (χ0v) is 20.7. The van der Waals surface area contributed by atoms with Crippen LogP contribution in [0.2, 0.25) is 5.02 Å². The van der Waals surface area contributed by atoms with Crippen molar-refractivity contribution in [3.8, 4) is 11.1 Å². The molecular weight excluding hydrogens is 487 g/mol.